The van der Waals surface area contributed by atoms with Crippen LogP contribution in [0.25, 0.3) is 11.3 Å². The summed E-state index contributed by atoms with van der Waals surface area (Å²) in [4.78, 5) is 4.43. The number of aromatic nitrogens is 1. The van der Waals surface area contributed by atoms with Crippen molar-refractivity contribution in [3.05, 3.63) is 29.5 Å². The SMILES string of the molecule is CNc1nc(-c2ccc3c(c2)CCCO3)c(C)o1. The van der Waals surface area contributed by atoms with Gasteiger partial charge in [-0.1, -0.05) is 0 Å². The topological polar surface area (TPSA) is 47.3 Å². The average molecular weight is 244 g/mol. The van der Waals surface area contributed by atoms with Crippen molar-refractivity contribution in [2.75, 3.05) is 19.0 Å². The molecule has 2 heterocycles. The van der Waals surface area contributed by atoms with Gasteiger partial charge in [0.1, 0.15) is 17.2 Å². The Labute approximate surface area is 106 Å². The van der Waals surface area contributed by atoms with Gasteiger partial charge < -0.3 is 14.5 Å². The minimum atomic E-state index is 0.552. The zero-order chi connectivity index (χ0) is 12.5. The predicted molar refractivity (Wildman–Crippen MR) is 70.0 cm³/mol. The Morgan fingerprint density at radius 1 is 1.33 bits per heavy atom. The van der Waals surface area contributed by atoms with Crippen molar-refractivity contribution in [2.24, 2.45) is 0 Å². The molecular weight excluding hydrogens is 228 g/mol. The molecule has 0 unspecified atom stereocenters. The van der Waals surface area contributed by atoms with Crippen LogP contribution in [0.15, 0.2) is 22.6 Å². The summed E-state index contributed by atoms with van der Waals surface area (Å²) in [6.45, 7) is 2.75. The van der Waals surface area contributed by atoms with Crippen LogP contribution in [0.5, 0.6) is 5.75 Å². The lowest BCUT2D eigenvalue weighted by molar-refractivity contribution is 0.288. The average Bonchev–Trinajstić information content (AvgIpc) is 2.79. The van der Waals surface area contributed by atoms with E-state index in [9.17, 15) is 0 Å². The standard InChI is InChI=1S/C14H16N2O2/c1-9-13(16-14(15-2)18-9)11-5-6-12-10(8-11)4-3-7-17-12/h5-6,8H,3-4,7H2,1-2H3,(H,15,16). The first-order valence-corrected chi connectivity index (χ1v) is 6.19. The van der Waals surface area contributed by atoms with Gasteiger partial charge in [-0.25, -0.2) is 0 Å². The van der Waals surface area contributed by atoms with Crippen molar-refractivity contribution in [2.45, 2.75) is 19.8 Å². The van der Waals surface area contributed by atoms with Gasteiger partial charge in [-0.2, -0.15) is 4.98 Å². The molecule has 0 saturated heterocycles. The van der Waals surface area contributed by atoms with Gasteiger partial charge >= 0.3 is 0 Å². The third kappa shape index (κ3) is 1.83. The maximum atomic E-state index is 5.61. The molecule has 0 bridgehead atoms. The molecule has 18 heavy (non-hydrogen) atoms. The summed E-state index contributed by atoms with van der Waals surface area (Å²) in [6, 6.07) is 6.76. The highest BCUT2D eigenvalue weighted by atomic mass is 16.5. The van der Waals surface area contributed by atoms with E-state index in [1.807, 2.05) is 19.1 Å². The molecule has 0 fully saturated rings. The Bertz CT molecular complexity index is 575. The van der Waals surface area contributed by atoms with Gasteiger partial charge in [-0.15, -0.1) is 0 Å². The number of nitrogens with one attached hydrogen (secondary N) is 1. The smallest absolute Gasteiger partial charge is 0.295 e. The van der Waals surface area contributed by atoms with Gasteiger partial charge in [0.05, 0.1) is 6.61 Å². The van der Waals surface area contributed by atoms with Gasteiger partial charge in [0.15, 0.2) is 0 Å². The van der Waals surface area contributed by atoms with Crippen LogP contribution in [0.3, 0.4) is 0 Å². The van der Waals surface area contributed by atoms with E-state index in [-0.39, 0.29) is 0 Å². The van der Waals surface area contributed by atoms with Crippen LogP contribution in [0, 0.1) is 6.92 Å². The number of oxazole rings is 1. The Morgan fingerprint density at radius 2 is 2.22 bits per heavy atom. The molecule has 1 N–H and O–H groups in total. The van der Waals surface area contributed by atoms with E-state index in [2.05, 4.69) is 16.4 Å². The van der Waals surface area contributed by atoms with Crippen LogP contribution >= 0.6 is 0 Å². The molecular formula is C14H16N2O2. The highest BCUT2D eigenvalue weighted by Crippen LogP contribution is 2.32. The second-order valence-corrected chi connectivity index (χ2v) is 4.45. The molecule has 0 radical (unpaired) electrons. The summed E-state index contributed by atoms with van der Waals surface area (Å²) in [5, 5.41) is 2.92. The monoisotopic (exact) mass is 244 g/mol. The quantitative estimate of drug-likeness (QED) is 0.882. The lowest BCUT2D eigenvalue weighted by Crippen LogP contribution is -2.08. The first-order chi connectivity index (χ1) is 8.78. The van der Waals surface area contributed by atoms with Crippen molar-refractivity contribution in [3.8, 4) is 17.0 Å². The molecule has 4 heteroatoms. The second-order valence-electron chi connectivity index (χ2n) is 4.45. The van der Waals surface area contributed by atoms with Crippen LogP contribution in [-0.4, -0.2) is 18.6 Å². The third-order valence-corrected chi connectivity index (χ3v) is 3.19. The van der Waals surface area contributed by atoms with Crippen LogP contribution in [-0.2, 0) is 6.42 Å². The fourth-order valence-corrected chi connectivity index (χ4v) is 2.28. The van der Waals surface area contributed by atoms with Crippen LogP contribution in [0.4, 0.5) is 6.01 Å². The summed E-state index contributed by atoms with van der Waals surface area (Å²) in [7, 11) is 1.80. The normalized spacial score (nSPS) is 13.9. The van der Waals surface area contributed by atoms with Crippen molar-refractivity contribution in [1.82, 2.24) is 4.98 Å². The Morgan fingerprint density at radius 3 is 3.00 bits per heavy atom. The summed E-state index contributed by atoms with van der Waals surface area (Å²) in [6.07, 6.45) is 2.15. The maximum absolute atomic E-state index is 5.61. The van der Waals surface area contributed by atoms with Crippen molar-refractivity contribution in [3.63, 3.8) is 0 Å². The number of hydrogen-bond acceptors (Lipinski definition) is 4. The zero-order valence-corrected chi connectivity index (χ0v) is 10.6. The summed E-state index contributed by atoms with van der Waals surface area (Å²) < 4.78 is 11.1. The van der Waals surface area contributed by atoms with E-state index in [4.69, 9.17) is 9.15 Å². The number of aryl methyl sites for hydroxylation is 2. The largest absolute Gasteiger partial charge is 0.493 e. The van der Waals surface area contributed by atoms with E-state index in [1.54, 1.807) is 7.05 Å². The highest BCUT2D eigenvalue weighted by Gasteiger charge is 2.15. The first kappa shape index (κ1) is 11.1. The van der Waals surface area contributed by atoms with Crippen molar-refractivity contribution >= 4 is 6.01 Å². The number of fused-ring (bicyclic) bond motifs is 1. The predicted octanol–water partition coefficient (Wildman–Crippen LogP) is 3.02. The number of rotatable bonds is 2. The number of benzene rings is 1. The number of ether oxygens (including phenoxy) is 1. The summed E-state index contributed by atoms with van der Waals surface area (Å²) in [5.74, 6) is 1.83. The third-order valence-electron chi connectivity index (χ3n) is 3.19. The summed E-state index contributed by atoms with van der Waals surface area (Å²) in [5.41, 5.74) is 3.24. The lowest BCUT2D eigenvalue weighted by atomic mass is 10.0. The first-order valence-electron chi connectivity index (χ1n) is 6.19. The molecule has 3 rings (SSSR count). The zero-order valence-electron chi connectivity index (χ0n) is 10.6. The van der Waals surface area contributed by atoms with Gasteiger partial charge in [-0.05, 0) is 43.5 Å². The molecule has 94 valence electrons. The Kier molecular flexibility index (Phi) is 2.70. The second kappa shape index (κ2) is 4.37. The fraction of sp³-hybridized carbons (Fsp3) is 0.357. The molecule has 0 saturated carbocycles. The van der Waals surface area contributed by atoms with Crippen LogP contribution in [0.2, 0.25) is 0 Å². The van der Waals surface area contributed by atoms with E-state index >= 15 is 0 Å². The van der Waals surface area contributed by atoms with Gasteiger partial charge in [0.25, 0.3) is 6.01 Å². The molecule has 1 aliphatic rings. The lowest BCUT2D eigenvalue weighted by Gasteiger charge is -2.17. The molecule has 1 aliphatic heterocycles. The van der Waals surface area contributed by atoms with E-state index in [0.29, 0.717) is 6.01 Å². The molecule has 2 aromatic rings. The van der Waals surface area contributed by atoms with Crippen molar-refractivity contribution < 1.29 is 9.15 Å². The Balaban J connectivity index is 2.03. The van der Waals surface area contributed by atoms with Crippen LogP contribution in [0.1, 0.15) is 17.7 Å². The molecule has 0 spiro atoms. The molecule has 1 aromatic heterocycles. The van der Waals surface area contributed by atoms with E-state index < -0.39 is 0 Å². The van der Waals surface area contributed by atoms with E-state index in [0.717, 1.165) is 42.2 Å². The van der Waals surface area contributed by atoms with Crippen molar-refractivity contribution in [1.29, 1.82) is 0 Å². The Hall–Kier alpha value is -1.97. The molecule has 4 nitrogen and oxygen atoms in total. The van der Waals surface area contributed by atoms with Gasteiger partial charge in [0.2, 0.25) is 0 Å². The van der Waals surface area contributed by atoms with E-state index in [1.165, 1.54) is 5.56 Å². The van der Waals surface area contributed by atoms with Gasteiger partial charge in [-0.3, -0.25) is 0 Å². The molecule has 0 amide bonds. The molecule has 0 aliphatic carbocycles. The highest BCUT2D eigenvalue weighted by molar-refractivity contribution is 5.65. The minimum Gasteiger partial charge on any atom is -0.493 e. The van der Waals surface area contributed by atoms with Crippen LogP contribution < -0.4 is 10.1 Å². The number of anilines is 1. The number of nitrogens with zero attached hydrogens (tertiary/aromatic N) is 1. The molecule has 0 atom stereocenters. The maximum Gasteiger partial charge on any atom is 0.295 e. The summed E-state index contributed by atoms with van der Waals surface area (Å²) >= 11 is 0. The number of hydrogen-bond donors (Lipinski definition) is 1. The molecule has 1 aromatic carbocycles. The fourth-order valence-electron chi connectivity index (χ4n) is 2.28. The minimum absolute atomic E-state index is 0.552. The van der Waals surface area contributed by atoms with Gasteiger partial charge in [0, 0.05) is 12.6 Å².